The Morgan fingerprint density at radius 3 is 2.55 bits per heavy atom. The molecule has 1 aromatic carbocycles. The minimum absolute atomic E-state index is 0.588. The van der Waals surface area contributed by atoms with E-state index in [0.717, 1.165) is 0 Å². The zero-order chi connectivity index (χ0) is 14.7. The highest BCUT2D eigenvalue weighted by Gasteiger charge is 2.32. The Kier molecular flexibility index (Phi) is 5.77. The van der Waals surface area contributed by atoms with Crippen LogP contribution in [0.2, 0.25) is 10.0 Å². The summed E-state index contributed by atoms with van der Waals surface area (Å²) in [5.74, 6) is 1.29. The van der Waals surface area contributed by atoms with Gasteiger partial charge in [-0.25, -0.2) is 0 Å². The highest BCUT2D eigenvalue weighted by molar-refractivity contribution is 6.42. The van der Waals surface area contributed by atoms with Crippen molar-refractivity contribution in [2.75, 3.05) is 13.6 Å². The third-order valence-electron chi connectivity index (χ3n) is 4.55. The van der Waals surface area contributed by atoms with Gasteiger partial charge in [0, 0.05) is 12.3 Å². The van der Waals surface area contributed by atoms with Gasteiger partial charge >= 0.3 is 0 Å². The van der Waals surface area contributed by atoms with Crippen LogP contribution in [0.3, 0.4) is 0 Å². The molecule has 0 radical (unpaired) electrons. The molecule has 1 aliphatic rings. The lowest BCUT2D eigenvalue weighted by atomic mass is 9.80. The molecule has 1 N–H and O–H groups in total. The summed E-state index contributed by atoms with van der Waals surface area (Å²) < 4.78 is 0. The van der Waals surface area contributed by atoms with Crippen LogP contribution in [0.25, 0.3) is 0 Å². The maximum Gasteiger partial charge on any atom is 0.0942 e. The topological polar surface area (TPSA) is 4.44 Å². The maximum absolute atomic E-state index is 6.23. The van der Waals surface area contributed by atoms with E-state index in [2.05, 4.69) is 33.0 Å². The fraction of sp³-hybridized carbons (Fsp3) is 0.647. The first kappa shape index (κ1) is 16.1. The number of piperidine rings is 1. The molecule has 0 aromatic heterocycles. The molecule has 1 aromatic rings. The van der Waals surface area contributed by atoms with Crippen molar-refractivity contribution in [1.29, 1.82) is 0 Å². The summed E-state index contributed by atoms with van der Waals surface area (Å²) in [5.41, 5.74) is 1.36. The molecule has 0 saturated carbocycles. The van der Waals surface area contributed by atoms with E-state index in [1.807, 2.05) is 6.07 Å². The molecule has 3 atom stereocenters. The Morgan fingerprint density at radius 1 is 1.20 bits per heavy atom. The van der Waals surface area contributed by atoms with E-state index in [-0.39, 0.29) is 0 Å². The van der Waals surface area contributed by atoms with Crippen LogP contribution >= 0.6 is 23.2 Å². The lowest BCUT2D eigenvalue weighted by molar-refractivity contribution is -0.913. The standard InChI is InChI=1S/C17H25Cl2N/c1-12(2)10-14(17-6-4-5-9-20(17)3)13-7-8-15(18)16(19)11-13/h7-8,11-12,14,17H,4-6,9-10H2,1-3H3/p+1/t14-,17+/m0/s1. The molecule has 1 aliphatic heterocycles. The van der Waals surface area contributed by atoms with Crippen LogP contribution in [-0.4, -0.2) is 19.6 Å². The Balaban J connectivity index is 2.28. The molecule has 0 amide bonds. The van der Waals surface area contributed by atoms with E-state index in [1.165, 1.54) is 37.8 Å². The van der Waals surface area contributed by atoms with Crippen LogP contribution in [0, 0.1) is 5.92 Å². The molecule has 2 rings (SSSR count). The van der Waals surface area contributed by atoms with Crippen molar-refractivity contribution >= 4 is 23.2 Å². The molecular weight excluding hydrogens is 289 g/mol. The minimum Gasteiger partial charge on any atom is -0.334 e. The van der Waals surface area contributed by atoms with Crippen molar-refractivity contribution in [2.45, 2.75) is 51.5 Å². The maximum atomic E-state index is 6.23. The van der Waals surface area contributed by atoms with E-state index in [4.69, 9.17) is 23.2 Å². The summed E-state index contributed by atoms with van der Waals surface area (Å²) in [6, 6.07) is 6.91. The number of rotatable bonds is 4. The van der Waals surface area contributed by atoms with Crippen molar-refractivity contribution in [3.05, 3.63) is 33.8 Å². The average Bonchev–Trinajstić information content (AvgIpc) is 2.40. The van der Waals surface area contributed by atoms with Gasteiger partial charge in [0.15, 0.2) is 0 Å². The molecule has 3 heteroatoms. The van der Waals surface area contributed by atoms with Gasteiger partial charge in [-0.3, -0.25) is 0 Å². The second-order valence-corrected chi connectivity index (χ2v) is 7.42. The van der Waals surface area contributed by atoms with Gasteiger partial charge in [-0.15, -0.1) is 0 Å². The minimum atomic E-state index is 0.588. The smallest absolute Gasteiger partial charge is 0.0942 e. The molecule has 1 saturated heterocycles. The van der Waals surface area contributed by atoms with Crippen LogP contribution in [0.4, 0.5) is 0 Å². The Hall–Kier alpha value is -0.240. The number of quaternary nitrogens is 1. The molecule has 20 heavy (non-hydrogen) atoms. The number of likely N-dealkylation sites (N-methyl/N-ethyl adjacent to an activating group) is 1. The van der Waals surface area contributed by atoms with Gasteiger partial charge in [0.05, 0.1) is 29.7 Å². The zero-order valence-electron chi connectivity index (χ0n) is 12.8. The molecule has 0 spiro atoms. The fourth-order valence-corrected chi connectivity index (χ4v) is 3.83. The molecule has 0 aliphatic carbocycles. The summed E-state index contributed by atoms with van der Waals surface area (Å²) in [6.07, 6.45) is 5.26. The Bertz CT molecular complexity index is 445. The van der Waals surface area contributed by atoms with Crippen molar-refractivity contribution in [1.82, 2.24) is 0 Å². The molecule has 112 valence electrons. The van der Waals surface area contributed by atoms with Gasteiger partial charge in [0.2, 0.25) is 0 Å². The molecular formula is C17H26Cl2N+. The predicted molar refractivity (Wildman–Crippen MR) is 88.1 cm³/mol. The van der Waals surface area contributed by atoms with Crippen LogP contribution in [0.5, 0.6) is 0 Å². The first-order valence-corrected chi connectivity index (χ1v) is 8.52. The third kappa shape index (κ3) is 3.90. The number of hydrogen-bond acceptors (Lipinski definition) is 0. The van der Waals surface area contributed by atoms with Gasteiger partial charge in [-0.2, -0.15) is 0 Å². The van der Waals surface area contributed by atoms with Crippen LogP contribution in [0.1, 0.15) is 51.0 Å². The SMILES string of the molecule is CC(C)C[C@@H](c1ccc(Cl)c(Cl)c1)[C@H]1CCCC[NH+]1C. The second kappa shape index (κ2) is 7.15. The molecule has 1 fully saturated rings. The summed E-state index contributed by atoms with van der Waals surface area (Å²) in [6.45, 7) is 5.91. The van der Waals surface area contributed by atoms with Crippen molar-refractivity contribution < 1.29 is 4.90 Å². The van der Waals surface area contributed by atoms with E-state index < -0.39 is 0 Å². The van der Waals surface area contributed by atoms with Gasteiger partial charge in [-0.1, -0.05) is 43.1 Å². The lowest BCUT2D eigenvalue weighted by Crippen LogP contribution is -3.14. The first-order chi connectivity index (χ1) is 9.49. The summed E-state index contributed by atoms with van der Waals surface area (Å²) in [4.78, 5) is 1.67. The van der Waals surface area contributed by atoms with E-state index >= 15 is 0 Å². The van der Waals surface area contributed by atoms with E-state index in [1.54, 1.807) is 4.90 Å². The zero-order valence-corrected chi connectivity index (χ0v) is 14.3. The summed E-state index contributed by atoms with van der Waals surface area (Å²) in [7, 11) is 2.34. The molecule has 1 unspecified atom stereocenters. The van der Waals surface area contributed by atoms with Crippen LogP contribution in [-0.2, 0) is 0 Å². The molecule has 1 heterocycles. The van der Waals surface area contributed by atoms with Gasteiger partial charge < -0.3 is 4.90 Å². The number of benzene rings is 1. The average molecular weight is 315 g/mol. The van der Waals surface area contributed by atoms with Gasteiger partial charge in [0.25, 0.3) is 0 Å². The summed E-state index contributed by atoms with van der Waals surface area (Å²) >= 11 is 12.3. The van der Waals surface area contributed by atoms with E-state index in [0.29, 0.717) is 27.9 Å². The van der Waals surface area contributed by atoms with Gasteiger partial charge in [0.1, 0.15) is 0 Å². The summed E-state index contributed by atoms with van der Waals surface area (Å²) in [5, 5.41) is 1.34. The lowest BCUT2D eigenvalue weighted by Gasteiger charge is -2.36. The van der Waals surface area contributed by atoms with Crippen LogP contribution < -0.4 is 4.90 Å². The fourth-order valence-electron chi connectivity index (χ4n) is 3.53. The first-order valence-electron chi connectivity index (χ1n) is 7.76. The number of halogens is 2. The second-order valence-electron chi connectivity index (χ2n) is 6.61. The number of nitrogens with one attached hydrogen (secondary N) is 1. The Morgan fingerprint density at radius 2 is 1.95 bits per heavy atom. The van der Waals surface area contributed by atoms with E-state index in [9.17, 15) is 0 Å². The number of hydrogen-bond donors (Lipinski definition) is 1. The highest BCUT2D eigenvalue weighted by Crippen LogP contribution is 2.33. The molecule has 1 nitrogen and oxygen atoms in total. The monoisotopic (exact) mass is 314 g/mol. The highest BCUT2D eigenvalue weighted by atomic mass is 35.5. The number of likely N-dealkylation sites (tertiary alicyclic amines) is 1. The van der Waals surface area contributed by atoms with Crippen molar-refractivity contribution in [2.24, 2.45) is 5.92 Å². The quantitative estimate of drug-likeness (QED) is 0.850. The normalized spacial score (nSPS) is 24.9. The van der Waals surface area contributed by atoms with Crippen molar-refractivity contribution in [3.8, 4) is 0 Å². The Labute approximate surface area is 133 Å². The third-order valence-corrected chi connectivity index (χ3v) is 5.29. The predicted octanol–water partition coefficient (Wildman–Crippen LogP) is 4.19. The van der Waals surface area contributed by atoms with Crippen molar-refractivity contribution in [3.63, 3.8) is 0 Å². The molecule has 0 bridgehead atoms. The van der Waals surface area contributed by atoms with Gasteiger partial charge in [-0.05, 0) is 42.9 Å². The van der Waals surface area contributed by atoms with Crippen LogP contribution in [0.15, 0.2) is 18.2 Å². The largest absolute Gasteiger partial charge is 0.334 e.